The van der Waals surface area contributed by atoms with Crippen molar-refractivity contribution < 1.29 is 51.1 Å². The van der Waals surface area contributed by atoms with Crippen molar-refractivity contribution in [1.29, 1.82) is 0 Å². The Kier molecular flexibility index (Phi) is 23.4. The minimum Gasteiger partial charge on any atom is -0.748 e. The number of fused-ring (bicyclic) bond motifs is 4. The fourth-order valence-corrected chi connectivity index (χ4v) is 14.0. The number of hydrogen-bond acceptors (Lipinski definition) is 13. The molecule has 3 aliphatic rings. The van der Waals surface area contributed by atoms with Crippen LogP contribution in [0.15, 0.2) is 162 Å². The molecule has 6 aromatic carbocycles. The molecular weight excluding hydrogens is 1040 g/mol. The van der Waals surface area contributed by atoms with Gasteiger partial charge in [-0.05, 0) is 89.5 Å². The molecule has 3 aliphatic heterocycles. The van der Waals surface area contributed by atoms with E-state index in [4.69, 9.17) is 17.1 Å². The minimum absolute atomic E-state index is 0. The van der Waals surface area contributed by atoms with Crippen molar-refractivity contribution in [1.82, 2.24) is 5.06 Å². The summed E-state index contributed by atoms with van der Waals surface area (Å²) in [5.41, 5.74) is 13.3. The Morgan fingerprint density at radius 2 is 1.05 bits per heavy atom. The van der Waals surface area contributed by atoms with Gasteiger partial charge in [0.2, 0.25) is 0 Å². The molecular formula is C60H64LiN3O7S5. The molecule has 0 aliphatic carbocycles. The van der Waals surface area contributed by atoms with Gasteiger partial charge in [0.1, 0.15) is 0 Å². The van der Waals surface area contributed by atoms with Crippen LogP contribution in [0.25, 0.3) is 5.57 Å². The average Bonchev–Trinajstić information content (AvgIpc) is 3.73. The standard InChI is InChI=1S/C35H38N2O4S2.C24H23NO3S3.CH4.Li/c1-2-3-23-42-35(43-24-13-5-8-20-33(40)41-37-31(38)21-22-32(37)39)34-27-16-9-11-18-29(27)36(25-26-14-6-4-7-15-26)30-19-12-10-17-28(30)34;26-31(27,28)16-8-15-30-24(29)23-19-11-4-6-13-21(19)25(17-18-9-2-1-3-10-18)22-14-7-5-12-20(22)23;;/h4,6-7,9-12,14-19H,2-3,5,8,13,20-25H2,1H3;1-7,9-14,23H,8,15-17H2,(H,26,27,28);1H4;/q;;;+1/p-1. The first-order valence-corrected chi connectivity index (χ1v) is 30.1. The molecule has 392 valence electrons. The molecule has 1 saturated heterocycles. The molecule has 2 amide bonds. The van der Waals surface area contributed by atoms with Gasteiger partial charge in [-0.1, -0.05) is 173 Å². The number of rotatable bonds is 21. The first kappa shape index (κ1) is 60.2. The minimum atomic E-state index is -4.19. The number of hydroxylamine groups is 2. The number of anilines is 4. The van der Waals surface area contributed by atoms with E-state index in [1.165, 1.54) is 55.2 Å². The van der Waals surface area contributed by atoms with Crippen LogP contribution >= 0.6 is 47.5 Å². The van der Waals surface area contributed by atoms with Gasteiger partial charge in [-0.2, -0.15) is 0 Å². The summed E-state index contributed by atoms with van der Waals surface area (Å²) < 4.78 is 34.8. The summed E-state index contributed by atoms with van der Waals surface area (Å²) in [6.45, 7) is 3.78. The summed E-state index contributed by atoms with van der Waals surface area (Å²) in [5.74, 6) is 0.692. The topological polar surface area (TPSA) is 127 Å². The van der Waals surface area contributed by atoms with Crippen LogP contribution < -0.4 is 28.7 Å². The molecule has 1 fully saturated rings. The van der Waals surface area contributed by atoms with E-state index in [0.29, 0.717) is 23.7 Å². The zero-order chi connectivity index (χ0) is 51.9. The number of imide groups is 1. The summed E-state index contributed by atoms with van der Waals surface area (Å²) in [5, 5.41) is 0.630. The molecule has 0 radical (unpaired) electrons. The van der Waals surface area contributed by atoms with Crippen LogP contribution in [0.3, 0.4) is 0 Å². The van der Waals surface area contributed by atoms with E-state index in [1.807, 2.05) is 66.0 Å². The molecule has 16 heteroatoms. The van der Waals surface area contributed by atoms with Crippen LogP contribution in [-0.4, -0.2) is 63.0 Å². The fraction of sp³-hybridized carbons (Fsp3) is 0.300. The fourth-order valence-electron chi connectivity index (χ4n) is 9.22. The van der Waals surface area contributed by atoms with Gasteiger partial charge in [0, 0.05) is 81.8 Å². The summed E-state index contributed by atoms with van der Waals surface area (Å²) in [4.78, 5) is 45.3. The molecule has 0 unspecified atom stereocenters. The van der Waals surface area contributed by atoms with Crippen LogP contribution in [0.2, 0.25) is 0 Å². The van der Waals surface area contributed by atoms with Gasteiger partial charge < -0.3 is 19.2 Å². The Morgan fingerprint density at radius 3 is 1.57 bits per heavy atom. The van der Waals surface area contributed by atoms with Gasteiger partial charge in [-0.25, -0.2) is 13.2 Å². The van der Waals surface area contributed by atoms with Crippen LogP contribution in [0.1, 0.15) is 111 Å². The maximum atomic E-state index is 12.2. The Hall–Kier alpha value is -5.08. The Balaban J connectivity index is 0.000000252. The molecule has 3 heterocycles. The van der Waals surface area contributed by atoms with Crippen LogP contribution in [-0.2, 0) is 42.4 Å². The largest absolute Gasteiger partial charge is 1.00 e. The molecule has 0 spiro atoms. The molecule has 9 rings (SSSR count). The van der Waals surface area contributed by atoms with Gasteiger partial charge >= 0.3 is 24.8 Å². The quantitative estimate of drug-likeness (QED) is 0.0223. The first-order chi connectivity index (χ1) is 36.0. The molecule has 0 aromatic heterocycles. The van der Waals surface area contributed by atoms with Crippen molar-refractivity contribution in [3.8, 4) is 0 Å². The molecule has 0 bridgehead atoms. The van der Waals surface area contributed by atoms with E-state index >= 15 is 0 Å². The monoisotopic (exact) mass is 1110 g/mol. The van der Waals surface area contributed by atoms with Crippen molar-refractivity contribution in [3.05, 3.63) is 195 Å². The normalized spacial score (nSPS) is 13.5. The SMILES string of the molecule is C.CCCCSC(SCCCCCC(=O)ON1C(=O)CCC1=O)=C1c2ccccc2N(Cc2ccccc2)c2ccccc21.O=S(=O)([O-])CCCSC(=S)C1c2ccccc2N(Cc2ccccc2)c2ccccc21.[Li+]. The summed E-state index contributed by atoms with van der Waals surface area (Å²) in [6.07, 6.45) is 5.50. The third kappa shape index (κ3) is 15.8. The number of thiocarbonyl (C=S) groups is 1. The van der Waals surface area contributed by atoms with Crippen LogP contribution in [0.4, 0.5) is 22.7 Å². The number of nitrogens with zero attached hydrogens (tertiary/aromatic N) is 3. The van der Waals surface area contributed by atoms with Gasteiger partial charge in [-0.15, -0.1) is 40.3 Å². The third-order valence-electron chi connectivity index (χ3n) is 12.8. The number of hydrogen-bond donors (Lipinski definition) is 0. The smallest absolute Gasteiger partial charge is 0.748 e. The van der Waals surface area contributed by atoms with Gasteiger partial charge in [0.15, 0.2) is 0 Å². The molecule has 0 N–H and O–H groups in total. The van der Waals surface area contributed by atoms with Gasteiger partial charge in [-0.3, -0.25) is 9.59 Å². The predicted molar refractivity (Wildman–Crippen MR) is 315 cm³/mol. The predicted octanol–water partition coefficient (Wildman–Crippen LogP) is 11.6. The molecule has 0 saturated carbocycles. The number of unbranched alkanes of at least 4 members (excludes halogenated alkanes) is 3. The van der Waals surface area contributed by atoms with E-state index in [-0.39, 0.29) is 57.2 Å². The second kappa shape index (κ2) is 29.6. The molecule has 6 aromatic rings. The van der Waals surface area contributed by atoms with Crippen LogP contribution in [0, 0.1) is 0 Å². The molecule has 0 atom stereocenters. The number of thioether (sulfide) groups is 3. The number of benzene rings is 6. The Bertz CT molecular complexity index is 2960. The average molecular weight is 1110 g/mol. The van der Waals surface area contributed by atoms with Crippen molar-refractivity contribution >= 4 is 108 Å². The maximum absolute atomic E-state index is 12.2. The third-order valence-corrected chi connectivity index (χ3v) is 17.8. The molecule has 76 heavy (non-hydrogen) atoms. The van der Waals surface area contributed by atoms with E-state index in [9.17, 15) is 27.4 Å². The molecule has 10 nitrogen and oxygen atoms in total. The maximum Gasteiger partial charge on any atom is 1.00 e. The second-order valence-corrected chi connectivity index (χ2v) is 23.9. The zero-order valence-electron chi connectivity index (χ0n) is 42.4. The zero-order valence-corrected chi connectivity index (χ0v) is 46.5. The van der Waals surface area contributed by atoms with Crippen molar-refractivity contribution in [3.63, 3.8) is 0 Å². The van der Waals surface area contributed by atoms with Crippen molar-refractivity contribution in [2.75, 3.05) is 32.8 Å². The van der Waals surface area contributed by atoms with E-state index in [2.05, 4.69) is 132 Å². The Labute approximate surface area is 479 Å². The van der Waals surface area contributed by atoms with E-state index in [0.717, 1.165) is 77.0 Å². The second-order valence-electron chi connectivity index (χ2n) is 18.1. The Morgan fingerprint density at radius 1 is 0.605 bits per heavy atom. The number of carbonyl (C=O) groups is 3. The van der Waals surface area contributed by atoms with Crippen molar-refractivity contribution in [2.24, 2.45) is 0 Å². The summed E-state index contributed by atoms with van der Waals surface area (Å²) in [7, 11) is -4.19. The van der Waals surface area contributed by atoms with E-state index in [1.54, 1.807) is 0 Å². The first-order valence-electron chi connectivity index (χ1n) is 25.2. The summed E-state index contributed by atoms with van der Waals surface area (Å²) in [6, 6.07) is 55.1. The number of para-hydroxylation sites is 4. The van der Waals surface area contributed by atoms with Crippen molar-refractivity contribution in [2.45, 2.75) is 91.1 Å². The number of carbonyl (C=O) groups excluding carboxylic acids is 3. The van der Waals surface area contributed by atoms with Crippen LogP contribution in [0.5, 0.6) is 0 Å². The van der Waals surface area contributed by atoms with E-state index < -0.39 is 27.9 Å². The van der Waals surface area contributed by atoms with Gasteiger partial charge in [0.05, 0.1) is 20.2 Å². The number of amides is 2. The van der Waals surface area contributed by atoms with Gasteiger partial charge in [0.25, 0.3) is 11.8 Å². The summed E-state index contributed by atoms with van der Waals surface area (Å²) >= 11 is 11.1.